The lowest BCUT2D eigenvalue weighted by molar-refractivity contribution is -0.314. The molecule has 0 heterocycles. The number of rotatable bonds is 6. The second-order valence-corrected chi connectivity index (χ2v) is 7.76. The number of amides is 1. The Kier molecular flexibility index (Phi) is 5.30. The zero-order valence-electron chi connectivity index (χ0n) is 15.1. The molecule has 6 heteroatoms. The quantitative estimate of drug-likeness (QED) is 0.783. The maximum Gasteiger partial charge on any atom is 0.338 e. The van der Waals surface area contributed by atoms with E-state index < -0.39 is 23.8 Å². The molecule has 26 heavy (non-hydrogen) atoms. The Morgan fingerprint density at radius 3 is 2.31 bits per heavy atom. The molecule has 1 aromatic carbocycles. The van der Waals surface area contributed by atoms with Crippen LogP contribution in [0.25, 0.3) is 0 Å². The molecule has 0 radical (unpaired) electrons. The van der Waals surface area contributed by atoms with Crippen LogP contribution < -0.4 is 10.4 Å². The maximum atomic E-state index is 12.6. The Hall–Kier alpha value is -2.37. The van der Waals surface area contributed by atoms with Crippen molar-refractivity contribution in [1.82, 2.24) is 0 Å². The van der Waals surface area contributed by atoms with Gasteiger partial charge < -0.3 is 20.0 Å². The number of esters is 1. The largest absolute Gasteiger partial charge is 0.550 e. The fourth-order valence-corrected chi connectivity index (χ4v) is 4.25. The summed E-state index contributed by atoms with van der Waals surface area (Å²) in [5, 5.41) is 14.2. The summed E-state index contributed by atoms with van der Waals surface area (Å²) < 4.78 is 5.17. The standard InChI is InChI=1S/C20H25NO5/c1-11(2)10-26-20(25)12-5-7-15(8-6-12)21-18(22)16-13-3-4-14(9-13)17(16)19(23)24/h5-8,11,13-14,16-17H,3-4,9-10H2,1-2H3,(H,21,22)(H,23,24)/p-1/t13-,14+,16+,17+/m1/s1. The third-order valence-electron chi connectivity index (χ3n) is 5.43. The molecule has 140 valence electrons. The molecule has 1 aromatic rings. The first-order valence-electron chi connectivity index (χ1n) is 9.15. The Bertz CT molecular complexity index is 697. The van der Waals surface area contributed by atoms with Crippen LogP contribution in [-0.2, 0) is 14.3 Å². The van der Waals surface area contributed by atoms with Crippen molar-refractivity contribution in [2.75, 3.05) is 11.9 Å². The summed E-state index contributed by atoms with van der Waals surface area (Å²) in [6.07, 6.45) is 2.55. The summed E-state index contributed by atoms with van der Waals surface area (Å²) in [5.41, 5.74) is 0.950. The Morgan fingerprint density at radius 1 is 1.12 bits per heavy atom. The number of aliphatic carboxylic acids is 1. The van der Waals surface area contributed by atoms with Crippen LogP contribution in [0.2, 0.25) is 0 Å². The normalized spacial score (nSPS) is 26.7. The molecule has 1 N–H and O–H groups in total. The van der Waals surface area contributed by atoms with Gasteiger partial charge in [-0.25, -0.2) is 4.79 Å². The van der Waals surface area contributed by atoms with Crippen molar-refractivity contribution in [3.8, 4) is 0 Å². The Balaban J connectivity index is 1.63. The van der Waals surface area contributed by atoms with Crippen molar-refractivity contribution in [2.24, 2.45) is 29.6 Å². The smallest absolute Gasteiger partial charge is 0.338 e. The summed E-state index contributed by atoms with van der Waals surface area (Å²) in [5.74, 6) is -2.60. The number of benzene rings is 1. The van der Waals surface area contributed by atoms with Gasteiger partial charge in [0.05, 0.1) is 12.2 Å². The van der Waals surface area contributed by atoms with E-state index in [0.717, 1.165) is 19.3 Å². The van der Waals surface area contributed by atoms with E-state index in [-0.39, 0.29) is 23.7 Å². The minimum absolute atomic E-state index is 0.0545. The molecule has 0 aromatic heterocycles. The minimum atomic E-state index is -1.12. The molecule has 0 unspecified atom stereocenters. The first kappa shape index (κ1) is 18.4. The number of nitrogens with one attached hydrogen (secondary N) is 1. The van der Waals surface area contributed by atoms with Gasteiger partial charge in [0.25, 0.3) is 0 Å². The molecule has 3 rings (SSSR count). The number of hydrogen-bond acceptors (Lipinski definition) is 5. The number of carboxylic acids is 1. The number of carboxylic acid groups (broad SMARTS) is 1. The van der Waals surface area contributed by atoms with Crippen LogP contribution >= 0.6 is 0 Å². The zero-order valence-corrected chi connectivity index (χ0v) is 15.1. The van der Waals surface area contributed by atoms with E-state index in [9.17, 15) is 19.5 Å². The molecule has 2 aliphatic carbocycles. The molecular formula is C20H24NO5-. The summed E-state index contributed by atoms with van der Waals surface area (Å²) in [6.45, 7) is 4.27. The van der Waals surface area contributed by atoms with Crippen LogP contribution in [-0.4, -0.2) is 24.5 Å². The topological polar surface area (TPSA) is 95.5 Å². The summed E-state index contributed by atoms with van der Waals surface area (Å²) in [4.78, 5) is 36.0. The average Bonchev–Trinajstić information content (AvgIpc) is 3.21. The molecule has 2 bridgehead atoms. The zero-order chi connectivity index (χ0) is 18.8. The van der Waals surface area contributed by atoms with Crippen molar-refractivity contribution in [2.45, 2.75) is 33.1 Å². The van der Waals surface area contributed by atoms with Gasteiger partial charge in [-0.3, -0.25) is 4.79 Å². The van der Waals surface area contributed by atoms with E-state index in [1.165, 1.54) is 0 Å². The number of carbonyl (C=O) groups is 3. The molecule has 2 aliphatic rings. The lowest BCUT2D eigenvalue weighted by atomic mass is 9.78. The van der Waals surface area contributed by atoms with Crippen molar-refractivity contribution in [3.05, 3.63) is 29.8 Å². The number of ether oxygens (including phenoxy) is 1. The molecular weight excluding hydrogens is 334 g/mol. The SMILES string of the molecule is CC(C)COC(=O)c1ccc(NC(=O)[C@H]2[C@@H]3CC[C@@H](C3)[C@@H]2C(=O)[O-])cc1. The predicted molar refractivity (Wildman–Crippen MR) is 93.0 cm³/mol. The number of fused-ring (bicyclic) bond motifs is 2. The van der Waals surface area contributed by atoms with E-state index in [2.05, 4.69) is 5.32 Å². The monoisotopic (exact) mass is 358 g/mol. The fraction of sp³-hybridized carbons (Fsp3) is 0.550. The number of anilines is 1. The van der Waals surface area contributed by atoms with E-state index in [0.29, 0.717) is 17.9 Å². The molecule has 6 nitrogen and oxygen atoms in total. The highest BCUT2D eigenvalue weighted by atomic mass is 16.5. The van der Waals surface area contributed by atoms with Gasteiger partial charge in [-0.1, -0.05) is 13.8 Å². The third-order valence-corrected chi connectivity index (χ3v) is 5.43. The van der Waals surface area contributed by atoms with Gasteiger partial charge in [-0.2, -0.15) is 0 Å². The van der Waals surface area contributed by atoms with Gasteiger partial charge in [0.1, 0.15) is 0 Å². The molecule has 2 fully saturated rings. The molecule has 2 saturated carbocycles. The van der Waals surface area contributed by atoms with Crippen LogP contribution in [0.15, 0.2) is 24.3 Å². The lowest BCUT2D eigenvalue weighted by Crippen LogP contribution is -2.43. The van der Waals surface area contributed by atoms with Crippen molar-refractivity contribution >= 4 is 23.5 Å². The average molecular weight is 358 g/mol. The van der Waals surface area contributed by atoms with Crippen LogP contribution in [0.3, 0.4) is 0 Å². The summed E-state index contributed by atoms with van der Waals surface area (Å²) in [7, 11) is 0. The first-order chi connectivity index (χ1) is 12.4. The molecule has 1 amide bonds. The van der Waals surface area contributed by atoms with Crippen LogP contribution in [0.5, 0.6) is 0 Å². The van der Waals surface area contributed by atoms with Crippen molar-refractivity contribution < 1.29 is 24.2 Å². The summed E-state index contributed by atoms with van der Waals surface area (Å²) >= 11 is 0. The highest BCUT2D eigenvalue weighted by Gasteiger charge is 2.51. The van der Waals surface area contributed by atoms with Gasteiger partial charge in [0.2, 0.25) is 5.91 Å². The van der Waals surface area contributed by atoms with Crippen LogP contribution in [0.1, 0.15) is 43.5 Å². The molecule has 0 aliphatic heterocycles. The Labute approximate surface area is 152 Å². The van der Waals surface area contributed by atoms with Crippen LogP contribution in [0.4, 0.5) is 5.69 Å². The van der Waals surface area contributed by atoms with Gasteiger partial charge >= 0.3 is 5.97 Å². The highest BCUT2D eigenvalue weighted by Crippen LogP contribution is 2.52. The minimum Gasteiger partial charge on any atom is -0.550 e. The predicted octanol–water partition coefficient (Wildman–Crippen LogP) is 1.85. The fourth-order valence-electron chi connectivity index (χ4n) is 4.25. The molecule has 4 atom stereocenters. The van der Waals surface area contributed by atoms with E-state index in [1.54, 1.807) is 24.3 Å². The second-order valence-electron chi connectivity index (χ2n) is 7.76. The van der Waals surface area contributed by atoms with Gasteiger partial charge in [-0.05, 0) is 61.3 Å². The van der Waals surface area contributed by atoms with Gasteiger partial charge in [0, 0.05) is 23.5 Å². The van der Waals surface area contributed by atoms with Gasteiger partial charge in [0.15, 0.2) is 0 Å². The molecule has 0 spiro atoms. The summed E-state index contributed by atoms with van der Waals surface area (Å²) in [6, 6.07) is 6.45. The lowest BCUT2D eigenvalue weighted by Gasteiger charge is -2.30. The van der Waals surface area contributed by atoms with E-state index >= 15 is 0 Å². The van der Waals surface area contributed by atoms with Gasteiger partial charge in [-0.15, -0.1) is 0 Å². The van der Waals surface area contributed by atoms with E-state index in [1.807, 2.05) is 13.8 Å². The van der Waals surface area contributed by atoms with Crippen molar-refractivity contribution in [3.63, 3.8) is 0 Å². The number of hydrogen-bond donors (Lipinski definition) is 1. The second kappa shape index (κ2) is 7.48. The third kappa shape index (κ3) is 3.74. The van der Waals surface area contributed by atoms with Crippen molar-refractivity contribution in [1.29, 1.82) is 0 Å². The molecule has 0 saturated heterocycles. The highest BCUT2D eigenvalue weighted by molar-refractivity contribution is 5.96. The van der Waals surface area contributed by atoms with E-state index in [4.69, 9.17) is 4.74 Å². The Morgan fingerprint density at radius 2 is 1.73 bits per heavy atom. The first-order valence-corrected chi connectivity index (χ1v) is 9.15. The van der Waals surface area contributed by atoms with Crippen LogP contribution in [0, 0.1) is 29.6 Å². The number of carbonyl (C=O) groups excluding carboxylic acids is 3. The maximum absolute atomic E-state index is 12.6.